The van der Waals surface area contributed by atoms with Gasteiger partial charge in [0.2, 0.25) is 0 Å². The Hall–Kier alpha value is -0.383. The summed E-state index contributed by atoms with van der Waals surface area (Å²) in [6.45, 7) is 0. The Morgan fingerprint density at radius 1 is 1.43 bits per heavy atom. The molecule has 0 heterocycles. The van der Waals surface area contributed by atoms with Crippen molar-refractivity contribution < 1.29 is 9.47 Å². The summed E-state index contributed by atoms with van der Waals surface area (Å²) in [7, 11) is 3.25. The van der Waals surface area contributed by atoms with Crippen molar-refractivity contribution in [3.05, 3.63) is 23.8 Å². The van der Waals surface area contributed by atoms with Crippen molar-refractivity contribution in [1.29, 1.82) is 0 Å². The minimum atomic E-state index is -0.205. The highest BCUT2D eigenvalue weighted by Gasteiger charge is 2.05. The molecule has 0 unspecified atom stereocenters. The Kier molecular flexibility index (Phi) is 5.83. The van der Waals surface area contributed by atoms with Gasteiger partial charge in [-0.25, -0.2) is 0 Å². The first-order chi connectivity index (χ1) is 6.86. The normalized spacial score (nSPS) is 16.1. The highest BCUT2D eigenvalue weighted by atomic mass is 28.2. The van der Waals surface area contributed by atoms with E-state index in [4.69, 9.17) is 9.47 Å². The van der Waals surface area contributed by atoms with Crippen LogP contribution in [0.25, 0.3) is 0 Å². The van der Waals surface area contributed by atoms with E-state index in [1.165, 1.54) is 25.3 Å². The van der Waals surface area contributed by atoms with Crippen LogP contribution in [0.4, 0.5) is 0 Å². The maximum absolute atomic E-state index is 5.18. The Balaban J connectivity index is 1.98. The Morgan fingerprint density at radius 2 is 2.21 bits per heavy atom. The van der Waals surface area contributed by atoms with Gasteiger partial charge in [0.15, 0.2) is 0 Å². The molecule has 3 heteroatoms. The van der Waals surface area contributed by atoms with Crippen LogP contribution in [0.2, 0.25) is 6.04 Å². The average Bonchev–Trinajstić information content (AvgIpc) is 2.71. The molecule has 0 amide bonds. The van der Waals surface area contributed by atoms with Gasteiger partial charge in [0.05, 0.1) is 9.52 Å². The van der Waals surface area contributed by atoms with Crippen LogP contribution in [0.1, 0.15) is 19.3 Å². The van der Waals surface area contributed by atoms with E-state index >= 15 is 0 Å². The molecule has 0 aromatic rings. The van der Waals surface area contributed by atoms with Gasteiger partial charge in [-0.2, -0.15) is 0 Å². The van der Waals surface area contributed by atoms with Gasteiger partial charge in [0, 0.05) is 14.2 Å². The molecule has 0 saturated heterocycles. The summed E-state index contributed by atoms with van der Waals surface area (Å²) in [4.78, 5) is 0. The van der Waals surface area contributed by atoms with E-state index in [0.29, 0.717) is 0 Å². The fraction of sp³-hybridized carbons (Fsp3) is 0.636. The average molecular weight is 212 g/mol. The van der Waals surface area contributed by atoms with Crippen LogP contribution in [-0.4, -0.2) is 29.7 Å². The van der Waals surface area contributed by atoms with Crippen LogP contribution >= 0.6 is 0 Å². The molecule has 0 aromatic heterocycles. The lowest BCUT2D eigenvalue weighted by Crippen LogP contribution is -2.20. The molecule has 0 saturated carbocycles. The minimum Gasteiger partial charge on any atom is -0.360 e. The zero-order valence-corrected chi connectivity index (χ0v) is 10.6. The van der Waals surface area contributed by atoms with Crippen molar-refractivity contribution in [2.24, 2.45) is 0 Å². The van der Waals surface area contributed by atoms with E-state index in [1.807, 2.05) is 0 Å². The molecular formula is C11H20O2Si. The molecular weight excluding hydrogens is 192 g/mol. The van der Waals surface area contributed by atoms with Crippen molar-refractivity contribution >= 4 is 9.52 Å². The molecule has 1 rings (SSSR count). The van der Waals surface area contributed by atoms with Gasteiger partial charge >= 0.3 is 0 Å². The van der Waals surface area contributed by atoms with E-state index in [0.717, 1.165) is 0 Å². The molecule has 0 spiro atoms. The number of rotatable bonds is 7. The van der Waals surface area contributed by atoms with Crippen molar-refractivity contribution in [2.75, 3.05) is 14.2 Å². The Labute approximate surface area is 88.8 Å². The Bertz CT molecular complexity index is 207. The molecule has 0 fully saturated rings. The van der Waals surface area contributed by atoms with Crippen LogP contribution in [0, 0.1) is 0 Å². The third-order valence-electron chi connectivity index (χ3n) is 2.56. The van der Waals surface area contributed by atoms with Crippen molar-refractivity contribution in [1.82, 2.24) is 0 Å². The van der Waals surface area contributed by atoms with E-state index in [-0.39, 0.29) is 15.4 Å². The summed E-state index contributed by atoms with van der Waals surface area (Å²) in [6.07, 6.45) is 10.3. The summed E-state index contributed by atoms with van der Waals surface area (Å²) < 4.78 is 10.4. The summed E-state index contributed by atoms with van der Waals surface area (Å²) in [5, 5.41) is 0. The van der Waals surface area contributed by atoms with Crippen LogP contribution in [0.15, 0.2) is 23.8 Å². The van der Waals surface area contributed by atoms with Crippen LogP contribution < -0.4 is 0 Å². The molecule has 1 aliphatic rings. The predicted molar refractivity (Wildman–Crippen MR) is 62.2 cm³/mol. The topological polar surface area (TPSA) is 18.5 Å². The molecule has 0 radical (unpaired) electrons. The van der Waals surface area contributed by atoms with Crippen LogP contribution in [0.5, 0.6) is 0 Å². The lowest BCUT2D eigenvalue weighted by Gasteiger charge is -2.12. The molecule has 0 aromatic carbocycles. The monoisotopic (exact) mass is 212 g/mol. The second-order valence-electron chi connectivity index (χ2n) is 3.60. The number of allylic oxidation sites excluding steroid dienone is 4. The van der Waals surface area contributed by atoms with E-state index in [1.54, 1.807) is 19.8 Å². The zero-order valence-electron chi connectivity index (χ0n) is 9.16. The van der Waals surface area contributed by atoms with Gasteiger partial charge in [-0.3, -0.25) is 0 Å². The van der Waals surface area contributed by atoms with Gasteiger partial charge in [0.25, 0.3) is 0 Å². The van der Waals surface area contributed by atoms with Gasteiger partial charge in [-0.15, -0.1) is 0 Å². The fourth-order valence-corrected chi connectivity index (χ4v) is 3.02. The quantitative estimate of drug-likeness (QED) is 0.364. The first kappa shape index (κ1) is 11.7. The lowest BCUT2D eigenvalue weighted by molar-refractivity contribution is -0.0441. The third-order valence-corrected chi connectivity index (χ3v) is 4.61. The zero-order chi connectivity index (χ0) is 10.2. The maximum atomic E-state index is 5.18. The summed E-state index contributed by atoms with van der Waals surface area (Å²) in [5.74, 6) is 0.116. The molecule has 1 aliphatic carbocycles. The van der Waals surface area contributed by atoms with Gasteiger partial charge < -0.3 is 9.47 Å². The van der Waals surface area contributed by atoms with Crippen molar-refractivity contribution in [3.8, 4) is 0 Å². The first-order valence-electron chi connectivity index (χ1n) is 5.27. The Morgan fingerprint density at radius 3 is 2.79 bits per heavy atom. The highest BCUT2D eigenvalue weighted by Crippen LogP contribution is 2.17. The standard InChI is InChI=1S/C11H20O2Si/c1-12-11(13-2)14-9-5-8-10-6-3-4-7-10/h3-4,6,11H,5,7-9,14H2,1-2H3. The molecule has 0 atom stereocenters. The second-order valence-corrected chi connectivity index (χ2v) is 5.56. The van der Waals surface area contributed by atoms with Crippen molar-refractivity contribution in [3.63, 3.8) is 0 Å². The molecule has 2 nitrogen and oxygen atoms in total. The number of ether oxygens (including phenoxy) is 2. The SMILES string of the molecule is COC(OC)[SiH2]CCCC1=CC=CC1. The summed E-state index contributed by atoms with van der Waals surface area (Å²) in [5.41, 5.74) is 1.57. The van der Waals surface area contributed by atoms with E-state index in [2.05, 4.69) is 18.2 Å². The summed E-state index contributed by atoms with van der Waals surface area (Å²) in [6, 6.07) is 1.31. The predicted octanol–water partition coefficient (Wildman–Crippen LogP) is 1.82. The van der Waals surface area contributed by atoms with E-state index in [9.17, 15) is 0 Å². The minimum absolute atomic E-state index is 0.116. The smallest absolute Gasteiger partial charge is 0.134 e. The van der Waals surface area contributed by atoms with Gasteiger partial charge in [-0.1, -0.05) is 36.3 Å². The molecule has 0 N–H and O–H groups in total. The highest BCUT2D eigenvalue weighted by molar-refractivity contribution is 6.36. The second kappa shape index (κ2) is 6.98. The molecule has 0 bridgehead atoms. The lowest BCUT2D eigenvalue weighted by atomic mass is 10.1. The largest absolute Gasteiger partial charge is 0.360 e. The number of hydrogen-bond donors (Lipinski definition) is 0. The third kappa shape index (κ3) is 4.22. The van der Waals surface area contributed by atoms with E-state index < -0.39 is 0 Å². The van der Waals surface area contributed by atoms with Crippen molar-refractivity contribution in [2.45, 2.75) is 31.2 Å². The van der Waals surface area contributed by atoms with Crippen LogP contribution in [0.3, 0.4) is 0 Å². The molecule has 14 heavy (non-hydrogen) atoms. The molecule has 80 valence electrons. The first-order valence-corrected chi connectivity index (χ1v) is 7.08. The summed E-state index contributed by atoms with van der Waals surface area (Å²) >= 11 is 0. The molecule has 0 aliphatic heterocycles. The van der Waals surface area contributed by atoms with Gasteiger partial charge in [-0.05, 0) is 12.8 Å². The fourth-order valence-electron chi connectivity index (χ4n) is 1.67. The number of hydrogen-bond acceptors (Lipinski definition) is 2. The number of methoxy groups -OCH3 is 2. The van der Waals surface area contributed by atoms with Gasteiger partial charge in [0.1, 0.15) is 5.91 Å². The maximum Gasteiger partial charge on any atom is 0.134 e. The van der Waals surface area contributed by atoms with Crippen LogP contribution in [-0.2, 0) is 9.47 Å².